The molecule has 1 aliphatic rings. The van der Waals surface area contributed by atoms with E-state index in [0.717, 1.165) is 38.5 Å². The topological polar surface area (TPSA) is 186 Å². The summed E-state index contributed by atoms with van der Waals surface area (Å²) in [5, 5.41) is 31.0. The van der Waals surface area contributed by atoms with Crippen molar-refractivity contribution in [1.29, 1.82) is 0 Å². The van der Waals surface area contributed by atoms with Crippen molar-refractivity contribution in [3.05, 3.63) is 12.2 Å². The van der Waals surface area contributed by atoms with Crippen molar-refractivity contribution in [2.75, 3.05) is 19.0 Å². The average Bonchev–Trinajstić information content (AvgIpc) is 3.27. The maximum atomic E-state index is 12.9. The van der Waals surface area contributed by atoms with Gasteiger partial charge in [0.1, 0.15) is 36.8 Å². The summed E-state index contributed by atoms with van der Waals surface area (Å²) >= 11 is 0. The first-order valence-electron chi connectivity index (χ1n) is 26.7. The molecule has 1 rings (SSSR count). The molecule has 0 radical (unpaired) electrons. The molecule has 0 bridgehead atoms. The lowest BCUT2D eigenvalue weighted by Crippen LogP contribution is -2.60. The van der Waals surface area contributed by atoms with Gasteiger partial charge in [-0.25, -0.2) is 0 Å². The summed E-state index contributed by atoms with van der Waals surface area (Å²) in [4.78, 5) is 25.5. The van der Waals surface area contributed by atoms with Gasteiger partial charge in [-0.3, -0.25) is 14.1 Å². The number of aliphatic hydroxyl groups excluding tert-OH is 3. The summed E-state index contributed by atoms with van der Waals surface area (Å²) in [5.74, 6) is -1.96. The number of allylic oxidation sites excluding steroid dienone is 2. The highest BCUT2D eigenvalue weighted by atomic mass is 32.2. The van der Waals surface area contributed by atoms with Crippen LogP contribution in [-0.4, -0.2) is 96.0 Å². The lowest BCUT2D eigenvalue weighted by molar-refractivity contribution is -0.297. The van der Waals surface area contributed by atoms with Crippen LogP contribution in [0.2, 0.25) is 0 Å². The molecule has 1 aliphatic heterocycles. The monoisotopic (exact) mass is 947 g/mol. The van der Waals surface area contributed by atoms with Crippen molar-refractivity contribution in [1.82, 2.24) is 0 Å². The SMILES string of the molecule is CCCCCCCC/C=C/CCCCCCCCCCCCCC(=O)O[C@H](COC(=O)CCCCCCCCCCCCCCCCCC)CO[C@H]1O[C@H](CS(=O)(=O)O)[C@@H](O)C(O)C1O. The maximum Gasteiger partial charge on any atom is 0.306 e. The summed E-state index contributed by atoms with van der Waals surface area (Å²) in [5.41, 5.74) is 0. The first-order valence-corrected chi connectivity index (χ1v) is 28.4. The molecule has 1 heterocycles. The Morgan fingerprint density at radius 3 is 1.28 bits per heavy atom. The quantitative estimate of drug-likeness (QED) is 0.0196. The molecule has 0 aromatic carbocycles. The zero-order valence-corrected chi connectivity index (χ0v) is 42.2. The molecular formula is C52H98O12S. The third-order valence-electron chi connectivity index (χ3n) is 12.6. The van der Waals surface area contributed by atoms with Crippen LogP contribution in [0.25, 0.3) is 0 Å². The molecule has 0 aromatic heterocycles. The summed E-state index contributed by atoms with van der Waals surface area (Å²) < 4.78 is 54.3. The number of rotatable bonds is 46. The van der Waals surface area contributed by atoms with E-state index in [4.69, 9.17) is 18.9 Å². The second-order valence-corrected chi connectivity index (χ2v) is 20.4. The Bertz CT molecular complexity index is 1250. The number of carbonyl (C=O) groups is 2. The Morgan fingerprint density at radius 2 is 0.877 bits per heavy atom. The van der Waals surface area contributed by atoms with Crippen molar-refractivity contribution in [2.45, 2.75) is 288 Å². The van der Waals surface area contributed by atoms with Gasteiger partial charge < -0.3 is 34.3 Å². The van der Waals surface area contributed by atoms with Crippen LogP contribution in [0, 0.1) is 0 Å². The molecule has 65 heavy (non-hydrogen) atoms. The van der Waals surface area contributed by atoms with Gasteiger partial charge in [-0.05, 0) is 38.5 Å². The van der Waals surface area contributed by atoms with Gasteiger partial charge in [0.25, 0.3) is 10.1 Å². The Kier molecular flexibility index (Phi) is 40.1. The third kappa shape index (κ3) is 37.0. The van der Waals surface area contributed by atoms with Crippen LogP contribution in [0.4, 0.5) is 0 Å². The zero-order valence-electron chi connectivity index (χ0n) is 41.4. The van der Waals surface area contributed by atoms with Crippen molar-refractivity contribution in [3.8, 4) is 0 Å². The minimum Gasteiger partial charge on any atom is -0.462 e. The Labute approximate surface area is 396 Å². The Hall–Kier alpha value is -1.61. The first kappa shape index (κ1) is 61.4. The van der Waals surface area contributed by atoms with Gasteiger partial charge in [0.15, 0.2) is 12.4 Å². The van der Waals surface area contributed by atoms with E-state index in [1.54, 1.807) is 0 Å². The van der Waals surface area contributed by atoms with Gasteiger partial charge >= 0.3 is 11.9 Å². The van der Waals surface area contributed by atoms with E-state index in [0.29, 0.717) is 12.8 Å². The molecule has 0 saturated carbocycles. The molecule has 6 atom stereocenters. The number of ether oxygens (including phenoxy) is 4. The van der Waals surface area contributed by atoms with Crippen LogP contribution in [0.3, 0.4) is 0 Å². The molecule has 12 nitrogen and oxygen atoms in total. The van der Waals surface area contributed by atoms with E-state index < -0.39 is 71.2 Å². The molecule has 2 unspecified atom stereocenters. The highest BCUT2D eigenvalue weighted by Gasteiger charge is 2.46. The molecule has 1 fully saturated rings. The molecule has 4 N–H and O–H groups in total. The van der Waals surface area contributed by atoms with Crippen molar-refractivity contribution in [3.63, 3.8) is 0 Å². The predicted molar refractivity (Wildman–Crippen MR) is 261 cm³/mol. The highest BCUT2D eigenvalue weighted by Crippen LogP contribution is 2.24. The molecular weight excluding hydrogens is 849 g/mol. The van der Waals surface area contributed by atoms with Crippen LogP contribution < -0.4 is 0 Å². The lowest BCUT2D eigenvalue weighted by atomic mass is 10.00. The number of aliphatic hydroxyl groups is 3. The maximum absolute atomic E-state index is 12.9. The molecule has 0 aromatic rings. The normalized spacial score (nSPS) is 19.5. The van der Waals surface area contributed by atoms with Gasteiger partial charge in [0.05, 0.1) is 6.61 Å². The summed E-state index contributed by atoms with van der Waals surface area (Å²) in [6.45, 7) is 3.80. The Morgan fingerprint density at radius 1 is 0.508 bits per heavy atom. The van der Waals surface area contributed by atoms with Crippen molar-refractivity contribution in [2.24, 2.45) is 0 Å². The number of esters is 2. The van der Waals surface area contributed by atoms with E-state index >= 15 is 0 Å². The van der Waals surface area contributed by atoms with Gasteiger partial charge in [-0.15, -0.1) is 0 Å². The molecule has 384 valence electrons. The van der Waals surface area contributed by atoms with Gasteiger partial charge in [0, 0.05) is 12.8 Å². The fraction of sp³-hybridized carbons (Fsp3) is 0.923. The van der Waals surface area contributed by atoms with Crippen molar-refractivity contribution >= 4 is 22.1 Å². The summed E-state index contributed by atoms with van der Waals surface area (Å²) in [7, 11) is -4.60. The second kappa shape index (κ2) is 42.5. The van der Waals surface area contributed by atoms with E-state index in [2.05, 4.69) is 26.0 Å². The highest BCUT2D eigenvalue weighted by molar-refractivity contribution is 7.85. The van der Waals surface area contributed by atoms with Crippen LogP contribution in [0.15, 0.2) is 12.2 Å². The van der Waals surface area contributed by atoms with Crippen LogP contribution in [0.1, 0.15) is 251 Å². The number of hydrogen-bond acceptors (Lipinski definition) is 11. The van der Waals surface area contributed by atoms with Gasteiger partial charge in [0.2, 0.25) is 0 Å². The molecule has 1 saturated heterocycles. The fourth-order valence-electron chi connectivity index (χ4n) is 8.44. The number of unbranched alkanes of at least 4 members (excludes halogenated alkanes) is 32. The Balaban J connectivity index is 2.34. The van der Waals surface area contributed by atoms with E-state index in [1.807, 2.05) is 0 Å². The third-order valence-corrected chi connectivity index (χ3v) is 13.3. The molecule has 0 aliphatic carbocycles. The van der Waals surface area contributed by atoms with Gasteiger partial charge in [-0.1, -0.05) is 212 Å². The van der Waals surface area contributed by atoms with Crippen LogP contribution in [-0.2, 0) is 38.7 Å². The fourth-order valence-corrected chi connectivity index (χ4v) is 9.13. The lowest BCUT2D eigenvalue weighted by Gasteiger charge is -2.40. The standard InChI is InChI=1S/C52H98O12S/c1-3-5-7-9-11-13-15-17-19-21-22-23-24-25-27-29-31-33-35-37-39-41-48(54)63-45(43-62-52-51(57)50(56)49(55)46(64-52)44-65(58,59)60)42-61-47(53)40-38-36-34-32-30-28-26-20-18-16-14-12-10-8-6-4-2/h17,19,45-46,49-52,55-57H,3-16,18,20-44H2,1-2H3,(H,58,59,60)/b19-17+/t45-,46-,49-,50?,51?,52+/m1/s1. The number of carbonyl (C=O) groups excluding carboxylic acids is 2. The van der Waals surface area contributed by atoms with Crippen LogP contribution in [0.5, 0.6) is 0 Å². The number of hydrogen-bond donors (Lipinski definition) is 4. The smallest absolute Gasteiger partial charge is 0.306 e. The summed E-state index contributed by atoms with van der Waals surface area (Å²) in [6.07, 6.45) is 38.2. The van der Waals surface area contributed by atoms with Crippen molar-refractivity contribution < 1.29 is 56.8 Å². The zero-order chi connectivity index (χ0) is 47.6. The van der Waals surface area contributed by atoms with E-state index in [-0.39, 0.29) is 19.4 Å². The summed E-state index contributed by atoms with van der Waals surface area (Å²) in [6, 6.07) is 0. The van der Waals surface area contributed by atoms with Gasteiger partial charge in [-0.2, -0.15) is 8.42 Å². The first-order chi connectivity index (χ1) is 31.5. The average molecular weight is 947 g/mol. The van der Waals surface area contributed by atoms with Crippen LogP contribution >= 0.6 is 0 Å². The minimum absolute atomic E-state index is 0.168. The molecule has 0 amide bonds. The van der Waals surface area contributed by atoms with E-state index in [1.165, 1.54) is 173 Å². The molecule has 13 heteroatoms. The minimum atomic E-state index is -4.60. The predicted octanol–water partition coefficient (Wildman–Crippen LogP) is 12.2. The largest absolute Gasteiger partial charge is 0.462 e. The second-order valence-electron chi connectivity index (χ2n) is 18.9. The van der Waals surface area contributed by atoms with E-state index in [9.17, 15) is 37.9 Å². The molecule has 0 spiro atoms.